The van der Waals surface area contributed by atoms with Gasteiger partial charge in [0.2, 0.25) is 0 Å². The van der Waals surface area contributed by atoms with Gasteiger partial charge in [0, 0.05) is 0 Å². The zero-order valence-corrected chi connectivity index (χ0v) is 31.6. The normalized spacial score (nSPS) is 14.7. The van der Waals surface area contributed by atoms with Gasteiger partial charge in [-0.3, -0.25) is 0 Å². The zero-order valence-electron chi connectivity index (χ0n) is 29.8. The van der Waals surface area contributed by atoms with Gasteiger partial charge in [-0.2, -0.15) is 0 Å². The van der Waals surface area contributed by atoms with Crippen LogP contribution in [0.5, 0.6) is 0 Å². The Morgan fingerprint density at radius 1 is 0.409 bits per heavy atom. The Morgan fingerprint density at radius 3 is 0.773 bits per heavy atom. The lowest BCUT2D eigenvalue weighted by Crippen LogP contribution is -2.49. The maximum absolute atomic E-state index is 2.62. The van der Waals surface area contributed by atoms with E-state index in [-0.39, 0.29) is 5.41 Å². The topological polar surface area (TPSA) is 0 Å². The highest BCUT2D eigenvalue weighted by Crippen LogP contribution is 2.61. The Bertz CT molecular complexity index is 1310. The molecule has 4 rings (SSSR count). The maximum Gasteiger partial charge on any atom is -0.00921 e. The SMILES string of the molecule is CCC(C(C)C)(C(C)P(c1cc(C)cc(C)c1)c1cc(C)cc(C)c1)C(C)P(c1cc(C)cc(C)c1)c1cc(C)cc(C)c1. The molecule has 2 heteroatoms. The fourth-order valence-electron chi connectivity index (χ4n) is 8.35. The second-order valence-corrected chi connectivity index (χ2v) is 19.2. The zero-order chi connectivity index (χ0) is 32.5. The monoisotopic (exact) mass is 622 g/mol. The van der Waals surface area contributed by atoms with Crippen LogP contribution >= 0.6 is 15.8 Å². The van der Waals surface area contributed by atoms with Gasteiger partial charge in [-0.25, -0.2) is 0 Å². The molecule has 0 spiro atoms. The Morgan fingerprint density at radius 2 is 0.614 bits per heavy atom. The molecule has 2 unspecified atom stereocenters. The average molecular weight is 623 g/mol. The molecule has 4 aromatic carbocycles. The van der Waals surface area contributed by atoms with E-state index < -0.39 is 15.8 Å². The van der Waals surface area contributed by atoms with Gasteiger partial charge >= 0.3 is 0 Å². The first-order chi connectivity index (χ1) is 20.7. The molecule has 0 bridgehead atoms. The van der Waals surface area contributed by atoms with Gasteiger partial charge in [-0.05, 0) is 122 Å². The summed E-state index contributed by atoms with van der Waals surface area (Å²) in [6.45, 7) is 30.9. The van der Waals surface area contributed by atoms with Crippen LogP contribution in [-0.2, 0) is 0 Å². The van der Waals surface area contributed by atoms with Crippen LogP contribution in [-0.4, -0.2) is 11.3 Å². The molecule has 234 valence electrons. The number of aryl methyl sites for hydroxylation is 8. The lowest BCUT2D eigenvalue weighted by molar-refractivity contribution is 0.176. The van der Waals surface area contributed by atoms with E-state index in [2.05, 4.69) is 163 Å². The second kappa shape index (κ2) is 14.0. The number of hydrogen-bond acceptors (Lipinski definition) is 0. The highest BCUT2D eigenvalue weighted by molar-refractivity contribution is 7.74. The fraction of sp³-hybridized carbons (Fsp3) is 0.429. The van der Waals surface area contributed by atoms with Gasteiger partial charge in [0.1, 0.15) is 0 Å². The molecule has 0 saturated heterocycles. The van der Waals surface area contributed by atoms with Gasteiger partial charge in [0.25, 0.3) is 0 Å². The van der Waals surface area contributed by atoms with Crippen molar-refractivity contribution in [3.63, 3.8) is 0 Å². The van der Waals surface area contributed by atoms with Crippen LogP contribution in [0.25, 0.3) is 0 Å². The van der Waals surface area contributed by atoms with Crippen LogP contribution in [0.3, 0.4) is 0 Å². The quantitative estimate of drug-likeness (QED) is 0.154. The first kappa shape index (κ1) is 34.6. The number of hydrogen-bond donors (Lipinski definition) is 0. The van der Waals surface area contributed by atoms with E-state index in [0.717, 1.165) is 6.42 Å². The summed E-state index contributed by atoms with van der Waals surface area (Å²) in [6, 6.07) is 29.3. The molecule has 0 fully saturated rings. The van der Waals surface area contributed by atoms with Gasteiger partial charge in [0.15, 0.2) is 0 Å². The second-order valence-electron chi connectivity index (χ2n) is 14.1. The summed E-state index contributed by atoms with van der Waals surface area (Å²) >= 11 is 0. The van der Waals surface area contributed by atoms with Crippen molar-refractivity contribution >= 4 is 37.1 Å². The van der Waals surface area contributed by atoms with E-state index in [4.69, 9.17) is 0 Å². The Kier molecular flexibility index (Phi) is 11.0. The van der Waals surface area contributed by atoms with Crippen molar-refractivity contribution in [2.45, 2.75) is 108 Å². The van der Waals surface area contributed by atoms with Crippen LogP contribution in [0.15, 0.2) is 72.8 Å². The van der Waals surface area contributed by atoms with Gasteiger partial charge in [0.05, 0.1) is 0 Å². The molecule has 44 heavy (non-hydrogen) atoms. The fourth-order valence-corrected chi connectivity index (χ4v) is 16.0. The lowest BCUT2D eigenvalue weighted by atomic mass is 9.70. The summed E-state index contributed by atoms with van der Waals surface area (Å²) in [7, 11) is -1.23. The minimum absolute atomic E-state index is 0.127. The molecule has 0 aliphatic heterocycles. The summed E-state index contributed by atoms with van der Waals surface area (Å²) in [5.41, 5.74) is 12.1. The molecule has 2 atom stereocenters. The summed E-state index contributed by atoms with van der Waals surface area (Å²) in [6.07, 6.45) is 1.16. The smallest absolute Gasteiger partial charge is 0.00921 e. The molecule has 0 nitrogen and oxygen atoms in total. The summed E-state index contributed by atoms with van der Waals surface area (Å²) in [4.78, 5) is 0. The average Bonchev–Trinajstić information content (AvgIpc) is 2.87. The van der Waals surface area contributed by atoms with Crippen LogP contribution in [0.2, 0.25) is 0 Å². The van der Waals surface area contributed by atoms with Crippen molar-refractivity contribution < 1.29 is 0 Å². The molecule has 0 heterocycles. The highest BCUT2D eigenvalue weighted by atomic mass is 31.1. The molecule has 0 aliphatic rings. The van der Waals surface area contributed by atoms with E-state index in [0.29, 0.717) is 17.2 Å². The minimum Gasteiger partial charge on any atom is -0.0648 e. The van der Waals surface area contributed by atoms with Crippen LogP contribution in [0.1, 0.15) is 85.5 Å². The van der Waals surface area contributed by atoms with E-state index in [1.165, 1.54) is 65.7 Å². The molecular weight excluding hydrogens is 566 g/mol. The van der Waals surface area contributed by atoms with E-state index in [9.17, 15) is 0 Å². The minimum atomic E-state index is -0.613. The van der Waals surface area contributed by atoms with Crippen LogP contribution in [0.4, 0.5) is 0 Å². The number of benzene rings is 4. The standard InChI is InChI=1S/C42H56P2/c1-14-42(27(2)3,36(12)43(38-19-28(4)15-29(5)20-38)39-21-30(6)16-31(7)22-39)37(13)44(40-23-32(8)17-33(9)24-40)41-25-34(10)18-35(11)26-41/h15-27,36-37H,14H2,1-13H3. The van der Waals surface area contributed by atoms with Crippen molar-refractivity contribution in [2.75, 3.05) is 0 Å². The molecule has 0 aliphatic carbocycles. The summed E-state index contributed by atoms with van der Waals surface area (Å²) in [5.74, 6) is 0.529. The van der Waals surface area contributed by atoms with Crippen molar-refractivity contribution in [3.05, 3.63) is 117 Å². The molecule has 0 radical (unpaired) electrons. The van der Waals surface area contributed by atoms with Crippen molar-refractivity contribution in [3.8, 4) is 0 Å². The third kappa shape index (κ3) is 7.24. The van der Waals surface area contributed by atoms with E-state index in [1.807, 2.05) is 0 Å². The van der Waals surface area contributed by atoms with Crippen molar-refractivity contribution in [2.24, 2.45) is 11.3 Å². The van der Waals surface area contributed by atoms with Crippen molar-refractivity contribution in [1.29, 1.82) is 0 Å². The molecule has 0 aromatic heterocycles. The van der Waals surface area contributed by atoms with Crippen molar-refractivity contribution in [1.82, 2.24) is 0 Å². The molecular formula is C42H56P2. The summed E-state index contributed by atoms with van der Waals surface area (Å²) < 4.78 is 0. The predicted octanol–water partition coefficient (Wildman–Crippen LogP) is 10.5. The third-order valence-corrected chi connectivity index (χ3v) is 15.7. The first-order valence-corrected chi connectivity index (χ1v) is 19.4. The molecule has 0 saturated carbocycles. The van der Waals surface area contributed by atoms with Gasteiger partial charge in [-0.15, -0.1) is 0 Å². The predicted molar refractivity (Wildman–Crippen MR) is 203 cm³/mol. The molecule has 0 N–H and O–H groups in total. The Hall–Kier alpha value is -2.26. The largest absolute Gasteiger partial charge is 0.0648 e. The van der Waals surface area contributed by atoms with E-state index in [1.54, 1.807) is 0 Å². The summed E-state index contributed by atoms with van der Waals surface area (Å²) in [5, 5.41) is 6.12. The maximum atomic E-state index is 2.62. The Balaban J connectivity index is 2.02. The number of rotatable bonds is 10. The van der Waals surface area contributed by atoms with E-state index >= 15 is 0 Å². The molecule has 0 amide bonds. The first-order valence-electron chi connectivity index (χ1n) is 16.6. The van der Waals surface area contributed by atoms with Gasteiger partial charge < -0.3 is 0 Å². The highest BCUT2D eigenvalue weighted by Gasteiger charge is 2.49. The Labute approximate surface area is 272 Å². The lowest BCUT2D eigenvalue weighted by Gasteiger charge is -2.52. The van der Waals surface area contributed by atoms with Crippen LogP contribution < -0.4 is 21.2 Å². The molecule has 4 aromatic rings. The van der Waals surface area contributed by atoms with Gasteiger partial charge in [-0.1, -0.05) is 152 Å². The third-order valence-electron chi connectivity index (χ3n) is 9.96. The van der Waals surface area contributed by atoms with Crippen LogP contribution in [0, 0.1) is 66.7 Å².